The average molecular weight is 350 g/mol. The van der Waals surface area contributed by atoms with E-state index in [9.17, 15) is 14.5 Å². The van der Waals surface area contributed by atoms with Crippen molar-refractivity contribution in [2.45, 2.75) is 6.92 Å². The van der Waals surface area contributed by atoms with Gasteiger partial charge < -0.3 is 4.74 Å². The van der Waals surface area contributed by atoms with Crippen molar-refractivity contribution in [3.8, 4) is 29.1 Å². The van der Waals surface area contributed by atoms with Crippen molar-refractivity contribution in [3.63, 3.8) is 0 Å². The van der Waals surface area contributed by atoms with Crippen LogP contribution in [0.3, 0.4) is 0 Å². The van der Waals surface area contributed by atoms with Crippen LogP contribution in [0, 0.1) is 34.2 Å². The number of nitriles is 1. The first-order chi connectivity index (χ1) is 12.5. The first-order valence-corrected chi connectivity index (χ1v) is 7.44. The predicted octanol–water partition coefficient (Wildman–Crippen LogP) is 4.16. The molecular weight excluding hydrogens is 339 g/mol. The van der Waals surface area contributed by atoms with E-state index >= 15 is 0 Å². The molecule has 7 nitrogen and oxygen atoms in total. The lowest BCUT2D eigenvalue weighted by atomic mass is 10.2. The Labute approximate surface area is 147 Å². The van der Waals surface area contributed by atoms with Crippen LogP contribution < -0.4 is 4.74 Å². The van der Waals surface area contributed by atoms with Gasteiger partial charge in [0.2, 0.25) is 5.88 Å². The smallest absolute Gasteiger partial charge is 0.270 e. The number of benzene rings is 2. The molecule has 0 aliphatic rings. The molecule has 0 aliphatic heterocycles. The number of hydrogen-bond acceptors (Lipinski definition) is 6. The van der Waals surface area contributed by atoms with Gasteiger partial charge in [0.15, 0.2) is 5.82 Å². The van der Waals surface area contributed by atoms with E-state index in [0.717, 1.165) is 6.07 Å². The molecule has 128 valence electrons. The minimum Gasteiger partial charge on any atom is -0.439 e. The van der Waals surface area contributed by atoms with E-state index in [0.29, 0.717) is 11.3 Å². The molecule has 2 aromatic carbocycles. The quantitative estimate of drug-likeness (QED) is 0.517. The molecule has 0 saturated carbocycles. The molecule has 0 radical (unpaired) electrons. The molecule has 0 unspecified atom stereocenters. The molecule has 1 heterocycles. The van der Waals surface area contributed by atoms with Crippen molar-refractivity contribution < 1.29 is 14.1 Å². The zero-order valence-corrected chi connectivity index (χ0v) is 13.5. The Morgan fingerprint density at radius 3 is 2.69 bits per heavy atom. The lowest BCUT2D eigenvalue weighted by Crippen LogP contribution is -1.97. The summed E-state index contributed by atoms with van der Waals surface area (Å²) >= 11 is 0. The van der Waals surface area contributed by atoms with Gasteiger partial charge in [-0.2, -0.15) is 10.2 Å². The van der Waals surface area contributed by atoms with Crippen LogP contribution in [0.5, 0.6) is 11.6 Å². The largest absolute Gasteiger partial charge is 0.439 e. The van der Waals surface area contributed by atoms with E-state index in [4.69, 9.17) is 10.00 Å². The van der Waals surface area contributed by atoms with Gasteiger partial charge in [-0.25, -0.2) is 9.37 Å². The molecule has 3 aromatic rings. The van der Waals surface area contributed by atoms with Crippen LogP contribution in [0.4, 0.5) is 10.1 Å². The third kappa shape index (κ3) is 3.62. The molecular formula is C18H11FN4O3. The normalized spacial score (nSPS) is 10.2. The highest BCUT2D eigenvalue weighted by Gasteiger charge is 2.12. The highest BCUT2D eigenvalue weighted by atomic mass is 19.1. The van der Waals surface area contributed by atoms with Crippen molar-refractivity contribution >= 4 is 5.69 Å². The Bertz CT molecular complexity index is 1050. The maximum Gasteiger partial charge on any atom is 0.270 e. The summed E-state index contributed by atoms with van der Waals surface area (Å²) in [6.07, 6.45) is 0. The molecule has 8 heteroatoms. The van der Waals surface area contributed by atoms with E-state index in [1.54, 1.807) is 25.1 Å². The highest BCUT2D eigenvalue weighted by Crippen LogP contribution is 2.26. The van der Waals surface area contributed by atoms with Gasteiger partial charge in [-0.1, -0.05) is 12.1 Å². The van der Waals surface area contributed by atoms with Crippen molar-refractivity contribution in [2.75, 3.05) is 0 Å². The first kappa shape index (κ1) is 17.0. The van der Waals surface area contributed by atoms with Gasteiger partial charge in [0.25, 0.3) is 5.69 Å². The van der Waals surface area contributed by atoms with Crippen LogP contribution in [0.15, 0.2) is 48.5 Å². The van der Waals surface area contributed by atoms with E-state index in [1.807, 2.05) is 0 Å². The minimum atomic E-state index is -0.699. The molecule has 0 atom stereocenters. The first-order valence-electron chi connectivity index (χ1n) is 7.44. The van der Waals surface area contributed by atoms with Gasteiger partial charge in [0.1, 0.15) is 17.6 Å². The number of halogens is 1. The second kappa shape index (κ2) is 6.94. The van der Waals surface area contributed by atoms with Crippen molar-refractivity contribution in [1.29, 1.82) is 5.26 Å². The lowest BCUT2D eigenvalue weighted by molar-refractivity contribution is -0.384. The standard InChI is InChI=1S/C18H11FN4O3/c1-11-7-17(26-15-6-5-13(10-20)16(19)9-15)22-18(21-11)12-3-2-4-14(8-12)23(24)25/h2-9H,1H3. The van der Waals surface area contributed by atoms with E-state index in [2.05, 4.69) is 9.97 Å². The van der Waals surface area contributed by atoms with E-state index in [1.165, 1.54) is 30.3 Å². The fraction of sp³-hybridized carbons (Fsp3) is 0.0556. The summed E-state index contributed by atoms with van der Waals surface area (Å²) in [7, 11) is 0. The second-order valence-corrected chi connectivity index (χ2v) is 5.33. The number of hydrogen-bond donors (Lipinski definition) is 0. The topological polar surface area (TPSA) is 102 Å². The highest BCUT2D eigenvalue weighted by molar-refractivity contribution is 5.59. The van der Waals surface area contributed by atoms with Crippen molar-refractivity contribution in [3.05, 3.63) is 75.7 Å². The fourth-order valence-electron chi connectivity index (χ4n) is 2.25. The zero-order chi connectivity index (χ0) is 18.7. The van der Waals surface area contributed by atoms with Gasteiger partial charge >= 0.3 is 0 Å². The summed E-state index contributed by atoms with van der Waals surface area (Å²) in [6.45, 7) is 1.72. The Kier molecular flexibility index (Phi) is 4.53. The van der Waals surface area contributed by atoms with Crippen molar-refractivity contribution in [2.24, 2.45) is 0 Å². The number of nitro groups is 1. The number of nitrogens with zero attached hydrogens (tertiary/aromatic N) is 4. The molecule has 26 heavy (non-hydrogen) atoms. The van der Waals surface area contributed by atoms with E-state index < -0.39 is 10.7 Å². The summed E-state index contributed by atoms with van der Waals surface area (Å²) < 4.78 is 19.2. The minimum absolute atomic E-state index is 0.0794. The molecule has 0 amide bonds. The maximum absolute atomic E-state index is 13.7. The third-order valence-corrected chi connectivity index (χ3v) is 3.43. The Balaban J connectivity index is 1.96. The number of ether oxygens (including phenoxy) is 1. The van der Waals surface area contributed by atoms with Gasteiger partial charge in [0.05, 0.1) is 10.5 Å². The maximum atomic E-state index is 13.7. The fourth-order valence-corrected chi connectivity index (χ4v) is 2.25. The second-order valence-electron chi connectivity index (χ2n) is 5.33. The molecule has 3 rings (SSSR count). The van der Waals surface area contributed by atoms with Crippen LogP contribution in [-0.2, 0) is 0 Å². The van der Waals surface area contributed by atoms with E-state index in [-0.39, 0.29) is 28.7 Å². The summed E-state index contributed by atoms with van der Waals surface area (Å²) in [4.78, 5) is 18.9. The average Bonchev–Trinajstić information content (AvgIpc) is 2.61. The van der Waals surface area contributed by atoms with Gasteiger partial charge in [-0.15, -0.1) is 0 Å². The number of aromatic nitrogens is 2. The molecule has 1 aromatic heterocycles. The molecule has 0 N–H and O–H groups in total. The predicted molar refractivity (Wildman–Crippen MR) is 90.0 cm³/mol. The molecule has 0 spiro atoms. The number of non-ortho nitro benzene ring substituents is 1. The van der Waals surface area contributed by atoms with Crippen LogP contribution >= 0.6 is 0 Å². The molecule has 0 fully saturated rings. The molecule has 0 saturated heterocycles. The van der Waals surface area contributed by atoms with Crippen LogP contribution in [0.2, 0.25) is 0 Å². The van der Waals surface area contributed by atoms with Crippen molar-refractivity contribution in [1.82, 2.24) is 9.97 Å². The van der Waals surface area contributed by atoms with Gasteiger partial charge in [-0.3, -0.25) is 10.1 Å². The van der Waals surface area contributed by atoms with Gasteiger partial charge in [0, 0.05) is 35.5 Å². The lowest BCUT2D eigenvalue weighted by Gasteiger charge is -2.08. The summed E-state index contributed by atoms with van der Waals surface area (Å²) in [5.74, 6) is -0.125. The number of aryl methyl sites for hydroxylation is 1. The van der Waals surface area contributed by atoms with Crippen LogP contribution in [0.25, 0.3) is 11.4 Å². The molecule has 0 bridgehead atoms. The van der Waals surface area contributed by atoms with Crippen LogP contribution in [-0.4, -0.2) is 14.9 Å². The third-order valence-electron chi connectivity index (χ3n) is 3.43. The summed E-state index contributed by atoms with van der Waals surface area (Å²) in [5, 5.41) is 19.7. The molecule has 0 aliphatic carbocycles. The van der Waals surface area contributed by atoms with Gasteiger partial charge in [-0.05, 0) is 19.1 Å². The number of nitro benzene ring substituents is 1. The Morgan fingerprint density at radius 2 is 2.00 bits per heavy atom. The van der Waals surface area contributed by atoms with Crippen LogP contribution in [0.1, 0.15) is 11.3 Å². The number of rotatable bonds is 4. The summed E-state index contributed by atoms with van der Waals surface area (Å²) in [5.41, 5.74) is 0.863. The monoisotopic (exact) mass is 350 g/mol. The zero-order valence-electron chi connectivity index (χ0n) is 13.5. The Morgan fingerprint density at radius 1 is 1.19 bits per heavy atom. The Hall–Kier alpha value is -3.86. The SMILES string of the molecule is Cc1cc(Oc2ccc(C#N)c(F)c2)nc(-c2cccc([N+](=O)[O-])c2)n1. The summed E-state index contributed by atoms with van der Waals surface area (Å²) in [6, 6.07) is 13.0.